The summed E-state index contributed by atoms with van der Waals surface area (Å²) in [5.74, 6) is 0.982. The molecular formula is C27H37Cl2NO6Si. The Bertz CT molecular complexity index is 1100. The van der Waals surface area contributed by atoms with E-state index in [4.69, 9.17) is 46.6 Å². The molecule has 2 aromatic rings. The third-order valence-electron chi connectivity index (χ3n) is 7.12. The second-order valence-corrected chi connectivity index (χ2v) is 16.2. The molecule has 10 heteroatoms. The fraction of sp³-hybridized carbons (Fsp3) is 0.519. The first kappa shape index (κ1) is 29.6. The molecule has 2 unspecified atom stereocenters. The van der Waals surface area contributed by atoms with Crippen molar-refractivity contribution in [2.24, 2.45) is 0 Å². The molecule has 1 heterocycles. The third-order valence-corrected chi connectivity index (χ3v) is 12.4. The molecule has 204 valence electrons. The van der Waals surface area contributed by atoms with Gasteiger partial charge in [-0.1, -0.05) is 50.0 Å². The number of benzene rings is 2. The van der Waals surface area contributed by atoms with Gasteiger partial charge in [-0.25, -0.2) is 0 Å². The molecule has 0 bridgehead atoms. The third kappa shape index (κ3) is 6.54. The summed E-state index contributed by atoms with van der Waals surface area (Å²) in [6.07, 6.45) is -0.196. The topological polar surface area (TPSA) is 66.5 Å². The van der Waals surface area contributed by atoms with Crippen molar-refractivity contribution in [3.63, 3.8) is 0 Å². The van der Waals surface area contributed by atoms with Crippen molar-refractivity contribution in [1.29, 1.82) is 0 Å². The quantitative estimate of drug-likeness (QED) is 0.304. The molecule has 1 aliphatic rings. The van der Waals surface area contributed by atoms with Gasteiger partial charge < -0.3 is 28.3 Å². The highest BCUT2D eigenvalue weighted by Gasteiger charge is 2.40. The molecule has 0 N–H and O–H groups in total. The predicted molar refractivity (Wildman–Crippen MR) is 149 cm³/mol. The average molecular weight is 571 g/mol. The van der Waals surface area contributed by atoms with E-state index in [2.05, 4.69) is 33.9 Å². The number of carbonyl (C=O) groups excluding carboxylic acids is 1. The van der Waals surface area contributed by atoms with Crippen molar-refractivity contribution in [3.05, 3.63) is 51.5 Å². The van der Waals surface area contributed by atoms with Crippen LogP contribution < -0.4 is 14.2 Å². The lowest BCUT2D eigenvalue weighted by atomic mass is 10.1. The molecule has 7 nitrogen and oxygen atoms in total. The summed E-state index contributed by atoms with van der Waals surface area (Å²) in [5, 5.41) is 0.943. The fourth-order valence-electron chi connectivity index (χ4n) is 3.92. The van der Waals surface area contributed by atoms with Gasteiger partial charge in [0.15, 0.2) is 26.0 Å². The second kappa shape index (κ2) is 11.8. The monoisotopic (exact) mass is 569 g/mol. The van der Waals surface area contributed by atoms with E-state index in [1.54, 1.807) is 29.2 Å². The summed E-state index contributed by atoms with van der Waals surface area (Å²) >= 11 is 12.5. The van der Waals surface area contributed by atoms with E-state index in [9.17, 15) is 4.79 Å². The molecule has 2 atom stereocenters. The Morgan fingerprint density at radius 3 is 2.16 bits per heavy atom. The van der Waals surface area contributed by atoms with Gasteiger partial charge in [-0.3, -0.25) is 4.79 Å². The maximum Gasteiger partial charge on any atom is 0.256 e. The van der Waals surface area contributed by atoms with Crippen LogP contribution in [-0.4, -0.2) is 59.7 Å². The number of methoxy groups -OCH3 is 3. The lowest BCUT2D eigenvalue weighted by molar-refractivity contribution is -0.00427. The molecule has 1 aliphatic heterocycles. The van der Waals surface area contributed by atoms with Gasteiger partial charge >= 0.3 is 0 Å². The zero-order chi connectivity index (χ0) is 27.5. The van der Waals surface area contributed by atoms with Crippen molar-refractivity contribution in [2.75, 3.05) is 34.5 Å². The zero-order valence-corrected chi connectivity index (χ0v) is 25.3. The second-order valence-electron chi connectivity index (χ2n) is 10.6. The van der Waals surface area contributed by atoms with Crippen LogP contribution in [0.25, 0.3) is 0 Å². The lowest BCUT2D eigenvalue weighted by Crippen LogP contribution is -2.41. The summed E-state index contributed by atoms with van der Waals surface area (Å²) in [6, 6.07) is 8.55. The van der Waals surface area contributed by atoms with Crippen molar-refractivity contribution < 1.29 is 28.2 Å². The minimum absolute atomic E-state index is 0.112. The van der Waals surface area contributed by atoms with Gasteiger partial charge in [0.1, 0.15) is 0 Å². The Morgan fingerprint density at radius 1 is 1.03 bits per heavy atom. The van der Waals surface area contributed by atoms with Crippen LogP contribution in [0.2, 0.25) is 28.2 Å². The number of ether oxygens (including phenoxy) is 4. The number of halogens is 2. The lowest BCUT2D eigenvalue weighted by Gasteiger charge is -2.36. The van der Waals surface area contributed by atoms with Crippen LogP contribution >= 0.6 is 23.2 Å². The number of amides is 1. The van der Waals surface area contributed by atoms with E-state index < -0.39 is 14.5 Å². The minimum Gasteiger partial charge on any atom is -0.493 e. The number of hydrogen-bond donors (Lipinski definition) is 0. The van der Waals surface area contributed by atoms with Crippen molar-refractivity contribution >= 4 is 37.4 Å². The van der Waals surface area contributed by atoms with E-state index in [0.717, 1.165) is 5.56 Å². The zero-order valence-electron chi connectivity index (χ0n) is 22.8. The fourth-order valence-corrected chi connectivity index (χ4v) is 5.29. The molecule has 1 fully saturated rings. The maximum absolute atomic E-state index is 13.8. The molecule has 1 saturated heterocycles. The van der Waals surface area contributed by atoms with Gasteiger partial charge in [-0.15, -0.1) is 0 Å². The highest BCUT2D eigenvalue weighted by atomic mass is 35.5. The predicted octanol–water partition coefficient (Wildman–Crippen LogP) is 6.97. The number of hydrogen-bond acceptors (Lipinski definition) is 6. The van der Waals surface area contributed by atoms with Gasteiger partial charge in [-0.05, 0) is 48.8 Å². The Labute approximate surface area is 231 Å². The van der Waals surface area contributed by atoms with Gasteiger partial charge in [-0.2, -0.15) is 0 Å². The molecule has 0 aromatic heterocycles. The molecule has 3 rings (SSSR count). The number of rotatable bonds is 9. The van der Waals surface area contributed by atoms with Crippen molar-refractivity contribution in [1.82, 2.24) is 4.90 Å². The van der Waals surface area contributed by atoms with Crippen molar-refractivity contribution in [2.45, 2.75) is 57.7 Å². The Kier molecular flexibility index (Phi) is 9.45. The first-order valence-corrected chi connectivity index (χ1v) is 15.8. The van der Waals surface area contributed by atoms with Crippen LogP contribution in [0.1, 0.15) is 49.3 Å². The van der Waals surface area contributed by atoms with Crippen LogP contribution in [0.5, 0.6) is 17.2 Å². The largest absolute Gasteiger partial charge is 0.493 e. The highest BCUT2D eigenvalue weighted by Crippen LogP contribution is 2.41. The van der Waals surface area contributed by atoms with E-state index in [1.807, 2.05) is 6.07 Å². The molecule has 1 amide bonds. The highest BCUT2D eigenvalue weighted by molar-refractivity contribution is 6.74. The van der Waals surface area contributed by atoms with Gasteiger partial charge in [0.05, 0.1) is 44.0 Å². The molecule has 0 spiro atoms. The van der Waals surface area contributed by atoms with E-state index in [0.29, 0.717) is 52.4 Å². The normalized spacial score (nSPS) is 18.2. The number of carbonyl (C=O) groups is 1. The summed E-state index contributed by atoms with van der Waals surface area (Å²) in [6.45, 7) is 12.0. The van der Waals surface area contributed by atoms with Crippen LogP contribution in [0.4, 0.5) is 0 Å². The van der Waals surface area contributed by atoms with E-state index in [-0.39, 0.29) is 17.0 Å². The molecule has 0 aliphatic carbocycles. The number of nitrogens with zero attached hydrogens (tertiary/aromatic N) is 1. The molecular weight excluding hydrogens is 533 g/mol. The molecule has 2 aromatic carbocycles. The first-order chi connectivity index (χ1) is 17.3. The van der Waals surface area contributed by atoms with Gasteiger partial charge in [0, 0.05) is 17.7 Å². The SMILES string of the molecule is COc1cc(C(=O)N2CC(CCO[Si](C)(C)C(C)(C)C)OC2c2ccc(Cl)c(Cl)c2)cc(OC)c1OC. The van der Waals surface area contributed by atoms with E-state index in [1.165, 1.54) is 21.3 Å². The average Bonchev–Trinajstić information content (AvgIpc) is 3.27. The van der Waals surface area contributed by atoms with Crippen LogP contribution in [-0.2, 0) is 9.16 Å². The van der Waals surface area contributed by atoms with Crippen LogP contribution in [0.15, 0.2) is 30.3 Å². The van der Waals surface area contributed by atoms with E-state index >= 15 is 0 Å². The molecule has 0 radical (unpaired) electrons. The first-order valence-electron chi connectivity index (χ1n) is 12.2. The van der Waals surface area contributed by atoms with Gasteiger partial charge in [0.25, 0.3) is 5.91 Å². The van der Waals surface area contributed by atoms with Crippen LogP contribution in [0.3, 0.4) is 0 Å². The van der Waals surface area contributed by atoms with Crippen LogP contribution in [0, 0.1) is 0 Å². The Hall–Kier alpha value is -1.97. The maximum atomic E-state index is 13.8. The Morgan fingerprint density at radius 2 is 1.65 bits per heavy atom. The molecule has 37 heavy (non-hydrogen) atoms. The summed E-state index contributed by atoms with van der Waals surface area (Å²) < 4.78 is 29.1. The summed E-state index contributed by atoms with van der Waals surface area (Å²) in [4.78, 5) is 15.5. The molecule has 0 saturated carbocycles. The summed E-state index contributed by atoms with van der Waals surface area (Å²) in [5.41, 5.74) is 1.13. The van der Waals surface area contributed by atoms with Gasteiger partial charge in [0.2, 0.25) is 5.75 Å². The Balaban J connectivity index is 1.90. The standard InChI is InChI=1S/C27H37Cl2NO6Si/c1-27(2,3)37(7,8)35-12-11-19-16-30(26(36-19)17-9-10-20(28)21(29)13-17)25(31)18-14-22(32-4)24(34-6)23(15-18)33-5/h9-10,13-15,19,26H,11-12,16H2,1-8H3. The summed E-state index contributed by atoms with van der Waals surface area (Å²) in [7, 11) is 2.65. The smallest absolute Gasteiger partial charge is 0.256 e. The van der Waals surface area contributed by atoms with Crippen molar-refractivity contribution in [3.8, 4) is 17.2 Å². The minimum atomic E-state index is -1.90.